The predicted molar refractivity (Wildman–Crippen MR) is 75.9 cm³/mol. The Bertz CT molecular complexity index is 644. The number of benzene rings is 1. The van der Waals surface area contributed by atoms with Crippen molar-refractivity contribution in [2.24, 2.45) is 0 Å². The fourth-order valence-corrected chi connectivity index (χ4v) is 2.68. The van der Waals surface area contributed by atoms with Gasteiger partial charge in [0, 0.05) is 5.39 Å². The Kier molecular flexibility index (Phi) is 2.94. The molecule has 1 aromatic carbocycles. The molecule has 4 heteroatoms. The van der Waals surface area contributed by atoms with Crippen molar-refractivity contribution in [3.8, 4) is 0 Å². The molecule has 1 unspecified atom stereocenters. The van der Waals surface area contributed by atoms with Gasteiger partial charge >= 0.3 is 0 Å². The minimum Gasteiger partial charge on any atom is -0.363 e. The second kappa shape index (κ2) is 4.74. The molecule has 0 aliphatic carbocycles. The van der Waals surface area contributed by atoms with Crippen LogP contribution in [-0.4, -0.2) is 9.97 Å². The smallest absolute Gasteiger partial charge is 0.137 e. The summed E-state index contributed by atoms with van der Waals surface area (Å²) in [6.07, 6.45) is 1.60. The van der Waals surface area contributed by atoms with E-state index < -0.39 is 0 Å². The van der Waals surface area contributed by atoms with E-state index in [9.17, 15) is 0 Å². The maximum atomic E-state index is 4.34. The molecule has 1 N–H and O–H groups in total. The standard InChI is InChI=1S/C14H13N3S/c1-10(11-6-7-18-8-11)17-14-12-4-2-3-5-13(12)15-9-16-14/h2-10H,1H3,(H,15,16,17). The molecule has 2 aromatic heterocycles. The van der Waals surface area contributed by atoms with Crippen LogP contribution in [0.5, 0.6) is 0 Å². The molecular weight excluding hydrogens is 242 g/mol. The zero-order valence-electron chi connectivity index (χ0n) is 10.00. The first-order valence-corrected chi connectivity index (χ1v) is 6.77. The number of aromatic nitrogens is 2. The first-order valence-electron chi connectivity index (χ1n) is 5.83. The molecule has 0 radical (unpaired) electrons. The van der Waals surface area contributed by atoms with Gasteiger partial charge in [0.1, 0.15) is 12.1 Å². The van der Waals surface area contributed by atoms with Gasteiger partial charge in [0.15, 0.2) is 0 Å². The summed E-state index contributed by atoms with van der Waals surface area (Å²) in [7, 11) is 0. The van der Waals surface area contributed by atoms with Crippen molar-refractivity contribution in [1.29, 1.82) is 0 Å². The Morgan fingerprint density at radius 2 is 2.06 bits per heavy atom. The summed E-state index contributed by atoms with van der Waals surface area (Å²) in [6.45, 7) is 2.14. The van der Waals surface area contributed by atoms with Crippen LogP contribution in [0, 0.1) is 0 Å². The van der Waals surface area contributed by atoms with E-state index in [4.69, 9.17) is 0 Å². The van der Waals surface area contributed by atoms with E-state index >= 15 is 0 Å². The van der Waals surface area contributed by atoms with Crippen molar-refractivity contribution in [3.63, 3.8) is 0 Å². The lowest BCUT2D eigenvalue weighted by molar-refractivity contribution is 0.881. The van der Waals surface area contributed by atoms with Crippen LogP contribution < -0.4 is 5.32 Å². The van der Waals surface area contributed by atoms with Gasteiger partial charge in [0.25, 0.3) is 0 Å². The minimum absolute atomic E-state index is 0.245. The van der Waals surface area contributed by atoms with Crippen molar-refractivity contribution >= 4 is 28.1 Å². The summed E-state index contributed by atoms with van der Waals surface area (Å²) >= 11 is 1.71. The number of rotatable bonds is 3. The average Bonchev–Trinajstić information content (AvgIpc) is 2.93. The number of nitrogens with zero attached hydrogens (tertiary/aromatic N) is 2. The SMILES string of the molecule is CC(Nc1ncnc2ccccc12)c1ccsc1. The molecular formula is C14H13N3S. The fraction of sp³-hybridized carbons (Fsp3) is 0.143. The molecule has 0 amide bonds. The zero-order valence-corrected chi connectivity index (χ0v) is 10.8. The Morgan fingerprint density at radius 1 is 1.17 bits per heavy atom. The molecule has 3 aromatic rings. The molecule has 0 bridgehead atoms. The Morgan fingerprint density at radius 3 is 2.89 bits per heavy atom. The summed E-state index contributed by atoms with van der Waals surface area (Å²) in [5.41, 5.74) is 2.25. The van der Waals surface area contributed by atoms with Gasteiger partial charge in [-0.05, 0) is 41.4 Å². The van der Waals surface area contributed by atoms with Crippen molar-refractivity contribution in [1.82, 2.24) is 9.97 Å². The molecule has 0 saturated carbocycles. The van der Waals surface area contributed by atoms with Crippen LogP contribution in [0.1, 0.15) is 18.5 Å². The van der Waals surface area contributed by atoms with Crippen LogP contribution in [0.4, 0.5) is 5.82 Å². The molecule has 3 rings (SSSR count). The van der Waals surface area contributed by atoms with E-state index in [1.165, 1.54) is 5.56 Å². The van der Waals surface area contributed by atoms with E-state index in [-0.39, 0.29) is 6.04 Å². The third-order valence-corrected chi connectivity index (χ3v) is 3.64. The maximum Gasteiger partial charge on any atom is 0.137 e. The Labute approximate surface area is 110 Å². The molecule has 0 saturated heterocycles. The van der Waals surface area contributed by atoms with Crippen molar-refractivity contribution in [3.05, 3.63) is 53.0 Å². The van der Waals surface area contributed by atoms with E-state index in [0.717, 1.165) is 16.7 Å². The molecule has 3 nitrogen and oxygen atoms in total. The number of para-hydroxylation sites is 1. The highest BCUT2D eigenvalue weighted by atomic mass is 32.1. The Hall–Kier alpha value is -1.94. The zero-order chi connectivity index (χ0) is 12.4. The van der Waals surface area contributed by atoms with E-state index in [1.807, 2.05) is 24.3 Å². The average molecular weight is 255 g/mol. The van der Waals surface area contributed by atoms with Gasteiger partial charge in [0.2, 0.25) is 0 Å². The number of hydrogen-bond donors (Lipinski definition) is 1. The second-order valence-corrected chi connectivity index (χ2v) is 4.94. The number of nitrogens with one attached hydrogen (secondary N) is 1. The summed E-state index contributed by atoms with van der Waals surface area (Å²) in [4.78, 5) is 8.60. The molecule has 1 atom stereocenters. The monoisotopic (exact) mass is 255 g/mol. The first-order chi connectivity index (χ1) is 8.84. The van der Waals surface area contributed by atoms with Crippen molar-refractivity contribution in [2.45, 2.75) is 13.0 Å². The highest BCUT2D eigenvalue weighted by molar-refractivity contribution is 7.07. The third kappa shape index (κ3) is 2.07. The fourth-order valence-electron chi connectivity index (χ4n) is 1.93. The largest absolute Gasteiger partial charge is 0.363 e. The summed E-state index contributed by atoms with van der Waals surface area (Å²) < 4.78 is 0. The van der Waals surface area contributed by atoms with Gasteiger partial charge < -0.3 is 5.32 Å². The van der Waals surface area contributed by atoms with Crippen LogP contribution >= 0.6 is 11.3 Å². The minimum atomic E-state index is 0.245. The van der Waals surface area contributed by atoms with Crippen LogP contribution in [0.2, 0.25) is 0 Å². The lowest BCUT2D eigenvalue weighted by atomic mass is 10.1. The Balaban J connectivity index is 1.95. The van der Waals surface area contributed by atoms with Crippen LogP contribution in [0.3, 0.4) is 0 Å². The molecule has 0 aliphatic rings. The molecule has 90 valence electrons. The van der Waals surface area contributed by atoms with E-state index in [2.05, 4.69) is 39.0 Å². The van der Waals surface area contributed by atoms with Crippen molar-refractivity contribution in [2.75, 3.05) is 5.32 Å². The van der Waals surface area contributed by atoms with Crippen LogP contribution in [0.25, 0.3) is 10.9 Å². The van der Waals surface area contributed by atoms with Gasteiger partial charge in [-0.1, -0.05) is 12.1 Å². The first kappa shape index (κ1) is 11.2. The summed E-state index contributed by atoms with van der Waals surface area (Å²) in [6, 6.07) is 10.4. The van der Waals surface area contributed by atoms with Crippen LogP contribution in [-0.2, 0) is 0 Å². The third-order valence-electron chi connectivity index (χ3n) is 2.94. The van der Waals surface area contributed by atoms with E-state index in [0.29, 0.717) is 0 Å². The van der Waals surface area contributed by atoms with Gasteiger partial charge in [0.05, 0.1) is 11.6 Å². The maximum absolute atomic E-state index is 4.34. The quantitative estimate of drug-likeness (QED) is 0.772. The number of thiophene rings is 1. The summed E-state index contributed by atoms with van der Waals surface area (Å²) in [5.74, 6) is 0.888. The lowest BCUT2D eigenvalue weighted by Crippen LogP contribution is -2.07. The van der Waals surface area contributed by atoms with Crippen LogP contribution in [0.15, 0.2) is 47.4 Å². The predicted octanol–water partition coefficient (Wildman–Crippen LogP) is 3.86. The molecule has 18 heavy (non-hydrogen) atoms. The highest BCUT2D eigenvalue weighted by Crippen LogP contribution is 2.24. The number of hydrogen-bond acceptors (Lipinski definition) is 4. The molecule has 0 spiro atoms. The van der Waals surface area contributed by atoms with E-state index in [1.54, 1.807) is 17.7 Å². The molecule has 0 aliphatic heterocycles. The lowest BCUT2D eigenvalue weighted by Gasteiger charge is -2.14. The van der Waals surface area contributed by atoms with Gasteiger partial charge in [-0.3, -0.25) is 0 Å². The van der Waals surface area contributed by atoms with Gasteiger partial charge in [-0.25, -0.2) is 9.97 Å². The van der Waals surface area contributed by atoms with Gasteiger partial charge in [-0.15, -0.1) is 0 Å². The van der Waals surface area contributed by atoms with Crippen molar-refractivity contribution < 1.29 is 0 Å². The van der Waals surface area contributed by atoms with Gasteiger partial charge in [-0.2, -0.15) is 11.3 Å². The highest BCUT2D eigenvalue weighted by Gasteiger charge is 2.08. The second-order valence-electron chi connectivity index (χ2n) is 4.16. The number of anilines is 1. The molecule has 2 heterocycles. The summed E-state index contributed by atoms with van der Waals surface area (Å²) in [5, 5.41) is 8.74. The topological polar surface area (TPSA) is 37.8 Å². The normalized spacial score (nSPS) is 12.5. The molecule has 0 fully saturated rings. The number of fused-ring (bicyclic) bond motifs is 1.